The monoisotopic (exact) mass is 334 g/mol. The normalized spacial score (nSPS) is 18.2. The van der Waals surface area contributed by atoms with Crippen LogP contribution in [0.3, 0.4) is 0 Å². The summed E-state index contributed by atoms with van der Waals surface area (Å²) in [6.07, 6.45) is 0.944. The molecule has 2 aromatic rings. The number of urea groups is 1. The van der Waals surface area contributed by atoms with Crippen LogP contribution in [0.15, 0.2) is 24.3 Å². The standard InChI is InChI=1S/C16H16F2N4O2/c1-21-14(19-15(23)22-3-2-16(22)8-24-9-16)7-13(20-21)10-4-11(17)6-12(18)5-10/h4-7H,2-3,8-9H2,1H3,(H,19,23). The van der Waals surface area contributed by atoms with Gasteiger partial charge in [-0.2, -0.15) is 5.10 Å². The van der Waals surface area contributed by atoms with E-state index in [0.29, 0.717) is 36.8 Å². The Labute approximate surface area is 137 Å². The van der Waals surface area contributed by atoms with Crippen LogP contribution >= 0.6 is 0 Å². The lowest BCUT2D eigenvalue weighted by molar-refractivity contribution is -0.168. The number of carbonyl (C=O) groups excluding carboxylic acids is 1. The summed E-state index contributed by atoms with van der Waals surface area (Å²) in [4.78, 5) is 14.2. The maximum Gasteiger partial charge on any atom is 0.323 e. The molecular formula is C16H16F2N4O2. The van der Waals surface area contributed by atoms with Gasteiger partial charge in [0.25, 0.3) is 0 Å². The fourth-order valence-corrected chi connectivity index (χ4v) is 3.10. The third kappa shape index (κ3) is 2.34. The Balaban J connectivity index is 1.54. The summed E-state index contributed by atoms with van der Waals surface area (Å²) in [6, 6.07) is 4.58. The van der Waals surface area contributed by atoms with Gasteiger partial charge in [0, 0.05) is 31.3 Å². The predicted octanol–water partition coefficient (Wildman–Crippen LogP) is 2.37. The average molecular weight is 334 g/mol. The average Bonchev–Trinajstić information content (AvgIpc) is 2.76. The van der Waals surface area contributed by atoms with E-state index < -0.39 is 11.6 Å². The molecule has 24 heavy (non-hydrogen) atoms. The molecule has 2 fully saturated rings. The van der Waals surface area contributed by atoms with Gasteiger partial charge in [-0.3, -0.25) is 10.00 Å². The van der Waals surface area contributed by atoms with E-state index in [1.807, 2.05) is 0 Å². The molecule has 0 unspecified atom stereocenters. The van der Waals surface area contributed by atoms with Crippen molar-refractivity contribution in [2.75, 3.05) is 25.1 Å². The molecule has 4 rings (SSSR count). The summed E-state index contributed by atoms with van der Waals surface area (Å²) in [7, 11) is 1.66. The first-order chi connectivity index (χ1) is 11.5. The molecule has 1 aromatic heterocycles. The molecule has 0 atom stereocenters. The molecule has 2 aliphatic rings. The molecule has 2 aliphatic heterocycles. The van der Waals surface area contributed by atoms with Crippen molar-refractivity contribution in [2.45, 2.75) is 12.0 Å². The fourth-order valence-electron chi connectivity index (χ4n) is 3.10. The van der Waals surface area contributed by atoms with Crippen LogP contribution in [-0.2, 0) is 11.8 Å². The fraction of sp³-hybridized carbons (Fsp3) is 0.375. The largest absolute Gasteiger partial charge is 0.376 e. The molecule has 6 nitrogen and oxygen atoms in total. The highest BCUT2D eigenvalue weighted by Crippen LogP contribution is 2.37. The third-order valence-corrected chi connectivity index (χ3v) is 4.63. The number of benzene rings is 1. The summed E-state index contributed by atoms with van der Waals surface area (Å²) in [6.45, 7) is 1.83. The highest BCUT2D eigenvalue weighted by molar-refractivity contribution is 5.90. The number of halogens is 2. The number of rotatable bonds is 2. The SMILES string of the molecule is Cn1nc(-c2cc(F)cc(F)c2)cc1NC(=O)N1CCC12COC2. The van der Waals surface area contributed by atoms with Crippen molar-refractivity contribution < 1.29 is 18.3 Å². The number of hydrogen-bond donors (Lipinski definition) is 1. The lowest BCUT2D eigenvalue weighted by atomic mass is 9.83. The van der Waals surface area contributed by atoms with Gasteiger partial charge in [-0.1, -0.05) is 0 Å². The first kappa shape index (κ1) is 15.1. The minimum absolute atomic E-state index is 0.156. The quantitative estimate of drug-likeness (QED) is 0.917. The number of ether oxygens (including phenoxy) is 1. The Morgan fingerprint density at radius 3 is 2.50 bits per heavy atom. The number of nitrogens with one attached hydrogen (secondary N) is 1. The van der Waals surface area contributed by atoms with Gasteiger partial charge in [0.2, 0.25) is 0 Å². The molecule has 8 heteroatoms. The molecule has 2 amide bonds. The first-order valence-electron chi connectivity index (χ1n) is 7.64. The number of likely N-dealkylation sites (tertiary alicyclic amines) is 1. The van der Waals surface area contributed by atoms with Crippen molar-refractivity contribution in [1.82, 2.24) is 14.7 Å². The first-order valence-corrected chi connectivity index (χ1v) is 7.64. The predicted molar refractivity (Wildman–Crippen MR) is 82.5 cm³/mol. The highest BCUT2D eigenvalue weighted by Gasteiger charge is 2.53. The highest BCUT2D eigenvalue weighted by atomic mass is 19.1. The van der Waals surface area contributed by atoms with E-state index in [1.54, 1.807) is 18.0 Å². The van der Waals surface area contributed by atoms with Crippen LogP contribution < -0.4 is 5.32 Å². The van der Waals surface area contributed by atoms with E-state index in [2.05, 4.69) is 10.4 Å². The number of aromatic nitrogens is 2. The Kier molecular flexibility index (Phi) is 3.31. The van der Waals surface area contributed by atoms with Crippen LogP contribution in [-0.4, -0.2) is 46.0 Å². The Hall–Kier alpha value is -2.48. The van der Waals surface area contributed by atoms with E-state index >= 15 is 0 Å². The zero-order valence-electron chi connectivity index (χ0n) is 13.1. The number of anilines is 1. The summed E-state index contributed by atoms with van der Waals surface area (Å²) in [5.41, 5.74) is 0.546. The molecular weight excluding hydrogens is 318 g/mol. The second-order valence-electron chi connectivity index (χ2n) is 6.25. The van der Waals surface area contributed by atoms with Crippen LogP contribution in [0.2, 0.25) is 0 Å². The molecule has 2 saturated heterocycles. The van der Waals surface area contributed by atoms with Gasteiger partial charge in [-0.15, -0.1) is 0 Å². The number of hydrogen-bond acceptors (Lipinski definition) is 3. The molecule has 0 saturated carbocycles. The maximum absolute atomic E-state index is 13.4. The lowest BCUT2D eigenvalue weighted by Crippen LogP contribution is -2.72. The summed E-state index contributed by atoms with van der Waals surface area (Å²) in [5, 5.41) is 7.01. The molecule has 3 heterocycles. The minimum atomic E-state index is -0.672. The number of amides is 2. The molecule has 126 valence electrons. The van der Waals surface area contributed by atoms with Gasteiger partial charge < -0.3 is 9.64 Å². The van der Waals surface area contributed by atoms with E-state index in [0.717, 1.165) is 12.5 Å². The molecule has 0 aliphatic carbocycles. The van der Waals surface area contributed by atoms with Crippen LogP contribution in [0.1, 0.15) is 6.42 Å². The van der Waals surface area contributed by atoms with Gasteiger partial charge >= 0.3 is 6.03 Å². The lowest BCUT2D eigenvalue weighted by Gasteiger charge is -2.57. The van der Waals surface area contributed by atoms with Crippen LogP contribution in [0.4, 0.5) is 19.4 Å². The summed E-state index contributed by atoms with van der Waals surface area (Å²) in [5.74, 6) is -0.885. The molecule has 1 N–H and O–H groups in total. The van der Waals surface area contributed by atoms with Gasteiger partial charge in [0.05, 0.1) is 24.4 Å². The molecule has 1 aromatic carbocycles. The van der Waals surface area contributed by atoms with Gasteiger partial charge in [-0.05, 0) is 18.6 Å². The Morgan fingerprint density at radius 2 is 1.96 bits per heavy atom. The summed E-state index contributed by atoms with van der Waals surface area (Å²) >= 11 is 0. The molecule has 0 bridgehead atoms. The summed E-state index contributed by atoms with van der Waals surface area (Å²) < 4.78 is 33.4. The van der Waals surface area contributed by atoms with Crippen molar-refractivity contribution in [3.8, 4) is 11.3 Å². The van der Waals surface area contributed by atoms with Crippen molar-refractivity contribution in [2.24, 2.45) is 7.05 Å². The third-order valence-electron chi connectivity index (χ3n) is 4.63. The zero-order chi connectivity index (χ0) is 16.9. The van der Waals surface area contributed by atoms with Crippen molar-refractivity contribution in [3.05, 3.63) is 35.9 Å². The topological polar surface area (TPSA) is 59.4 Å². The van der Waals surface area contributed by atoms with Crippen LogP contribution in [0.5, 0.6) is 0 Å². The Bertz CT molecular complexity index is 791. The Morgan fingerprint density at radius 1 is 1.25 bits per heavy atom. The van der Waals surface area contributed by atoms with E-state index in [9.17, 15) is 13.6 Å². The van der Waals surface area contributed by atoms with Crippen molar-refractivity contribution in [3.63, 3.8) is 0 Å². The molecule has 0 radical (unpaired) electrons. The number of carbonyl (C=O) groups is 1. The van der Waals surface area contributed by atoms with E-state index in [1.165, 1.54) is 16.8 Å². The smallest absolute Gasteiger partial charge is 0.323 e. The van der Waals surface area contributed by atoms with E-state index in [4.69, 9.17) is 4.74 Å². The van der Waals surface area contributed by atoms with Gasteiger partial charge in [0.15, 0.2) is 0 Å². The van der Waals surface area contributed by atoms with Crippen molar-refractivity contribution >= 4 is 11.8 Å². The number of nitrogens with zero attached hydrogens (tertiary/aromatic N) is 3. The van der Waals surface area contributed by atoms with Gasteiger partial charge in [-0.25, -0.2) is 13.6 Å². The second kappa shape index (κ2) is 5.27. The van der Waals surface area contributed by atoms with Gasteiger partial charge in [0.1, 0.15) is 17.5 Å². The minimum Gasteiger partial charge on any atom is -0.376 e. The maximum atomic E-state index is 13.4. The van der Waals surface area contributed by atoms with Crippen molar-refractivity contribution in [1.29, 1.82) is 0 Å². The van der Waals surface area contributed by atoms with E-state index in [-0.39, 0.29) is 11.6 Å². The second-order valence-corrected chi connectivity index (χ2v) is 6.25. The van der Waals surface area contributed by atoms with Crippen LogP contribution in [0, 0.1) is 11.6 Å². The number of aryl methyl sites for hydroxylation is 1. The zero-order valence-corrected chi connectivity index (χ0v) is 13.1. The van der Waals surface area contributed by atoms with Crippen LogP contribution in [0.25, 0.3) is 11.3 Å². The molecule has 1 spiro atoms.